The fraction of sp³-hybridized carbons (Fsp3) is 0.452. The monoisotopic (exact) mass is 503 g/mol. The number of ether oxygens (including phenoxy) is 1. The van der Waals surface area contributed by atoms with Crippen LogP contribution in [0.4, 0.5) is 4.79 Å². The Kier molecular flexibility index (Phi) is 10.9. The minimum atomic E-state index is -0.456. The molecule has 37 heavy (non-hydrogen) atoms. The number of carbonyl (C=O) groups is 2. The van der Waals surface area contributed by atoms with Crippen molar-refractivity contribution >= 4 is 17.7 Å². The lowest BCUT2D eigenvalue weighted by molar-refractivity contribution is 0.0953. The summed E-state index contributed by atoms with van der Waals surface area (Å²) in [6.07, 6.45) is 8.43. The molecular weight excluding hydrogens is 462 g/mol. The SMILES string of the molecule is C=CCCCN=C(C)CCCc1ccc2c(c1)C(COC(=O)NC)c1cccc(C(=O)NCCCC)c1-2. The van der Waals surface area contributed by atoms with Gasteiger partial charge in [-0.2, -0.15) is 0 Å². The van der Waals surface area contributed by atoms with Crippen molar-refractivity contribution in [3.05, 3.63) is 71.3 Å². The van der Waals surface area contributed by atoms with Crippen LogP contribution < -0.4 is 10.6 Å². The van der Waals surface area contributed by atoms with Crippen molar-refractivity contribution in [1.29, 1.82) is 0 Å². The van der Waals surface area contributed by atoms with E-state index in [2.05, 4.69) is 54.3 Å². The molecule has 2 amide bonds. The van der Waals surface area contributed by atoms with Gasteiger partial charge < -0.3 is 15.4 Å². The van der Waals surface area contributed by atoms with Crippen LogP contribution in [-0.2, 0) is 11.2 Å². The van der Waals surface area contributed by atoms with Gasteiger partial charge in [0.2, 0.25) is 0 Å². The number of aryl methyl sites for hydroxylation is 1. The first kappa shape index (κ1) is 28.2. The molecule has 1 aliphatic rings. The molecule has 0 heterocycles. The molecule has 1 atom stereocenters. The number of nitrogens with zero attached hydrogens (tertiary/aromatic N) is 1. The van der Waals surface area contributed by atoms with Gasteiger partial charge in [0.15, 0.2) is 0 Å². The molecule has 0 spiro atoms. The Bertz CT molecular complexity index is 1120. The minimum Gasteiger partial charge on any atom is -0.449 e. The van der Waals surface area contributed by atoms with Gasteiger partial charge in [-0.15, -0.1) is 6.58 Å². The Labute approximate surface area is 221 Å². The van der Waals surface area contributed by atoms with Gasteiger partial charge in [-0.05, 0) is 79.3 Å². The molecule has 2 N–H and O–H groups in total. The summed E-state index contributed by atoms with van der Waals surface area (Å²) >= 11 is 0. The number of allylic oxidation sites excluding steroid dienone is 1. The highest BCUT2D eigenvalue weighted by Gasteiger charge is 2.33. The molecule has 6 heteroatoms. The Balaban J connectivity index is 1.82. The minimum absolute atomic E-state index is 0.0592. The highest BCUT2D eigenvalue weighted by atomic mass is 16.5. The molecule has 1 unspecified atom stereocenters. The van der Waals surface area contributed by atoms with Gasteiger partial charge in [-0.1, -0.05) is 49.8 Å². The lowest BCUT2D eigenvalue weighted by Gasteiger charge is -2.15. The molecule has 0 aliphatic heterocycles. The Morgan fingerprint density at radius 2 is 1.97 bits per heavy atom. The van der Waals surface area contributed by atoms with Crippen LogP contribution in [0.5, 0.6) is 0 Å². The summed E-state index contributed by atoms with van der Waals surface area (Å²) in [6, 6.07) is 12.4. The molecular formula is C31H41N3O3. The topological polar surface area (TPSA) is 79.8 Å². The maximum absolute atomic E-state index is 13.1. The number of hydrogen-bond acceptors (Lipinski definition) is 4. The van der Waals surface area contributed by atoms with Crippen LogP contribution in [0.1, 0.15) is 85.3 Å². The van der Waals surface area contributed by atoms with Gasteiger partial charge in [-0.25, -0.2) is 4.79 Å². The van der Waals surface area contributed by atoms with Crippen LogP contribution in [-0.4, -0.2) is 44.5 Å². The number of fused-ring (bicyclic) bond motifs is 3. The summed E-state index contributed by atoms with van der Waals surface area (Å²) in [5, 5.41) is 5.58. The zero-order valence-electron chi connectivity index (χ0n) is 22.6. The van der Waals surface area contributed by atoms with Gasteiger partial charge >= 0.3 is 6.09 Å². The first-order chi connectivity index (χ1) is 18.0. The number of rotatable bonds is 14. The third-order valence-corrected chi connectivity index (χ3v) is 6.83. The van der Waals surface area contributed by atoms with E-state index in [0.29, 0.717) is 12.1 Å². The number of nitrogens with one attached hydrogen (secondary N) is 2. The highest BCUT2D eigenvalue weighted by Crippen LogP contribution is 2.47. The second-order valence-electron chi connectivity index (χ2n) is 9.60. The molecule has 0 fully saturated rings. The van der Waals surface area contributed by atoms with E-state index < -0.39 is 6.09 Å². The van der Waals surface area contributed by atoms with Crippen molar-refractivity contribution in [3.63, 3.8) is 0 Å². The number of carbonyl (C=O) groups excluding carboxylic acids is 2. The van der Waals surface area contributed by atoms with Crippen LogP contribution in [0.25, 0.3) is 11.1 Å². The molecule has 1 aliphatic carbocycles. The third kappa shape index (κ3) is 7.54. The Morgan fingerprint density at radius 1 is 1.14 bits per heavy atom. The molecule has 0 bridgehead atoms. The second-order valence-corrected chi connectivity index (χ2v) is 9.60. The van der Waals surface area contributed by atoms with E-state index in [1.807, 2.05) is 24.3 Å². The molecule has 0 saturated heterocycles. The van der Waals surface area contributed by atoms with Crippen LogP contribution in [0.15, 0.2) is 54.0 Å². The Hall–Kier alpha value is -3.41. The number of alkyl carbamates (subject to hydrolysis) is 1. The average Bonchev–Trinajstić information content (AvgIpc) is 3.22. The molecule has 0 radical (unpaired) electrons. The zero-order chi connectivity index (χ0) is 26.6. The quantitative estimate of drug-likeness (QED) is 0.177. The summed E-state index contributed by atoms with van der Waals surface area (Å²) in [5.74, 6) is -0.171. The van der Waals surface area contributed by atoms with Gasteiger partial charge in [-0.3, -0.25) is 9.79 Å². The molecule has 198 valence electrons. The maximum atomic E-state index is 13.1. The number of benzene rings is 2. The first-order valence-corrected chi connectivity index (χ1v) is 13.5. The number of unbranched alkanes of at least 4 members (excludes halogenated alkanes) is 2. The molecule has 6 nitrogen and oxygen atoms in total. The summed E-state index contributed by atoms with van der Waals surface area (Å²) in [4.78, 5) is 29.6. The third-order valence-electron chi connectivity index (χ3n) is 6.83. The Morgan fingerprint density at radius 3 is 2.73 bits per heavy atom. The highest BCUT2D eigenvalue weighted by molar-refractivity contribution is 6.03. The first-order valence-electron chi connectivity index (χ1n) is 13.5. The fourth-order valence-corrected chi connectivity index (χ4v) is 4.82. The van der Waals surface area contributed by atoms with Crippen LogP contribution >= 0.6 is 0 Å². The van der Waals surface area contributed by atoms with E-state index in [4.69, 9.17) is 4.74 Å². The van der Waals surface area contributed by atoms with E-state index in [-0.39, 0.29) is 18.4 Å². The van der Waals surface area contributed by atoms with E-state index in [0.717, 1.165) is 73.7 Å². The molecule has 0 aromatic heterocycles. The fourth-order valence-electron chi connectivity index (χ4n) is 4.82. The van der Waals surface area contributed by atoms with Gasteiger partial charge in [0.1, 0.15) is 6.61 Å². The van der Waals surface area contributed by atoms with Crippen molar-refractivity contribution in [3.8, 4) is 11.1 Å². The van der Waals surface area contributed by atoms with Crippen molar-refractivity contribution in [2.75, 3.05) is 26.7 Å². The van der Waals surface area contributed by atoms with Crippen molar-refractivity contribution < 1.29 is 14.3 Å². The van der Waals surface area contributed by atoms with E-state index in [9.17, 15) is 9.59 Å². The van der Waals surface area contributed by atoms with Crippen LogP contribution in [0.3, 0.4) is 0 Å². The van der Waals surface area contributed by atoms with E-state index in [1.165, 1.54) is 11.3 Å². The number of aliphatic imine (C=N–C) groups is 1. The molecule has 2 aromatic carbocycles. The maximum Gasteiger partial charge on any atom is 0.406 e. The normalized spacial score (nSPS) is 14.0. The zero-order valence-corrected chi connectivity index (χ0v) is 22.6. The predicted octanol–water partition coefficient (Wildman–Crippen LogP) is 6.43. The van der Waals surface area contributed by atoms with E-state index >= 15 is 0 Å². The summed E-state index contributed by atoms with van der Waals surface area (Å²) < 4.78 is 5.50. The summed E-state index contributed by atoms with van der Waals surface area (Å²) in [6.45, 7) is 9.71. The van der Waals surface area contributed by atoms with Crippen molar-refractivity contribution in [2.24, 2.45) is 4.99 Å². The largest absolute Gasteiger partial charge is 0.449 e. The van der Waals surface area contributed by atoms with Gasteiger partial charge in [0.25, 0.3) is 5.91 Å². The van der Waals surface area contributed by atoms with Gasteiger partial charge in [0.05, 0.1) is 0 Å². The lowest BCUT2D eigenvalue weighted by Crippen LogP contribution is -2.25. The number of amides is 2. The second kappa shape index (κ2) is 14.4. The van der Waals surface area contributed by atoms with Crippen molar-refractivity contribution in [1.82, 2.24) is 10.6 Å². The molecule has 3 rings (SSSR count). The van der Waals surface area contributed by atoms with Crippen LogP contribution in [0, 0.1) is 0 Å². The molecule has 2 aromatic rings. The lowest BCUT2D eigenvalue weighted by atomic mass is 9.95. The predicted molar refractivity (Wildman–Crippen MR) is 152 cm³/mol. The standard InChI is InChI=1S/C31H41N3O3/c1-5-7-9-19-33-22(3)12-10-13-23-16-17-25-27(20-23)28(21-37-31(36)32-4)24-14-11-15-26(29(24)25)30(35)34-18-8-6-2/h5,11,14-17,20,28H,1,6-10,12-13,18-19,21H2,2-4H3,(H,32,36)(H,34,35). The summed E-state index contributed by atoms with van der Waals surface area (Å²) in [5.41, 5.74) is 7.24. The van der Waals surface area contributed by atoms with Crippen LogP contribution in [0.2, 0.25) is 0 Å². The van der Waals surface area contributed by atoms with E-state index in [1.54, 1.807) is 7.05 Å². The number of hydrogen-bond donors (Lipinski definition) is 2. The molecule has 0 saturated carbocycles. The smallest absolute Gasteiger partial charge is 0.406 e. The average molecular weight is 504 g/mol. The van der Waals surface area contributed by atoms with Gasteiger partial charge in [0, 0.05) is 37.3 Å². The van der Waals surface area contributed by atoms with Crippen molar-refractivity contribution in [2.45, 2.75) is 64.7 Å². The summed E-state index contributed by atoms with van der Waals surface area (Å²) in [7, 11) is 1.56.